The summed E-state index contributed by atoms with van der Waals surface area (Å²) in [4.78, 5) is 0. The Balaban J connectivity index is 2.36. The third-order valence-electron chi connectivity index (χ3n) is 3.26. The van der Waals surface area contributed by atoms with Crippen LogP contribution in [0, 0.1) is 18.2 Å². The topological polar surface area (TPSA) is 0 Å². The van der Waals surface area contributed by atoms with Crippen LogP contribution >= 0.6 is 11.6 Å². The minimum Gasteiger partial charge on any atom is -0.207 e. The molecule has 0 unspecified atom stereocenters. The highest BCUT2D eigenvalue weighted by Crippen LogP contribution is 2.38. The second kappa shape index (κ2) is 4.89. The zero-order valence-electron chi connectivity index (χ0n) is 9.10. The third kappa shape index (κ3) is 2.23. The van der Waals surface area contributed by atoms with Crippen LogP contribution in [0.1, 0.15) is 49.1 Å². The molecule has 0 N–H and O–H groups in total. The van der Waals surface area contributed by atoms with Crippen molar-refractivity contribution in [3.8, 4) is 12.3 Å². The van der Waals surface area contributed by atoms with Crippen molar-refractivity contribution in [3.05, 3.63) is 34.1 Å². The summed E-state index contributed by atoms with van der Waals surface area (Å²) in [5.74, 6) is 2.44. The summed E-state index contributed by atoms with van der Waals surface area (Å²) in [6.07, 6.45) is 10.9. The lowest BCUT2D eigenvalue weighted by Crippen LogP contribution is -2.07. The molecule has 0 bridgehead atoms. The molecule has 1 fully saturated rings. The number of hydrogen-bond donors (Lipinski definition) is 0. The molecule has 0 saturated heterocycles. The quantitative estimate of drug-likeness (QED) is 0.630. The molecular formula is C14H14ClF. The lowest BCUT2D eigenvalue weighted by Gasteiger charge is -2.23. The summed E-state index contributed by atoms with van der Waals surface area (Å²) >= 11 is 6.11. The van der Waals surface area contributed by atoms with Crippen LogP contribution in [0.5, 0.6) is 0 Å². The molecule has 1 aromatic rings. The molecule has 0 nitrogen and oxygen atoms in total. The lowest BCUT2D eigenvalue weighted by atomic mass is 9.83. The van der Waals surface area contributed by atoms with Crippen LogP contribution in [0.4, 0.5) is 4.39 Å². The summed E-state index contributed by atoms with van der Waals surface area (Å²) in [5, 5.41) is 0.486. The van der Waals surface area contributed by atoms with Gasteiger partial charge in [-0.05, 0) is 30.9 Å². The van der Waals surface area contributed by atoms with Gasteiger partial charge in [-0.15, -0.1) is 6.42 Å². The van der Waals surface area contributed by atoms with Gasteiger partial charge in [-0.2, -0.15) is 0 Å². The second-order valence-electron chi connectivity index (χ2n) is 4.33. The first kappa shape index (κ1) is 11.5. The van der Waals surface area contributed by atoms with Crippen LogP contribution in [0.3, 0.4) is 0 Å². The number of terminal acetylenes is 1. The van der Waals surface area contributed by atoms with E-state index in [9.17, 15) is 4.39 Å². The summed E-state index contributed by atoms with van der Waals surface area (Å²) in [7, 11) is 0. The third-order valence-corrected chi connectivity index (χ3v) is 3.57. The largest absolute Gasteiger partial charge is 0.207 e. The average molecular weight is 237 g/mol. The Bertz CT molecular complexity index is 402. The van der Waals surface area contributed by atoms with E-state index in [1.807, 2.05) is 0 Å². The zero-order chi connectivity index (χ0) is 11.5. The fourth-order valence-corrected chi connectivity index (χ4v) is 2.81. The van der Waals surface area contributed by atoms with E-state index in [2.05, 4.69) is 5.92 Å². The SMILES string of the molecule is C#Cc1cc(F)c(C2CCCCC2)c(Cl)c1. The number of benzene rings is 1. The highest BCUT2D eigenvalue weighted by molar-refractivity contribution is 6.31. The molecule has 0 radical (unpaired) electrons. The van der Waals surface area contributed by atoms with E-state index >= 15 is 0 Å². The maximum Gasteiger partial charge on any atom is 0.129 e. The molecule has 0 spiro atoms. The number of hydrogen-bond acceptors (Lipinski definition) is 0. The summed E-state index contributed by atoms with van der Waals surface area (Å²) in [6.45, 7) is 0. The van der Waals surface area contributed by atoms with E-state index in [-0.39, 0.29) is 11.7 Å². The van der Waals surface area contributed by atoms with Gasteiger partial charge in [-0.25, -0.2) is 4.39 Å². The molecule has 0 heterocycles. The van der Waals surface area contributed by atoms with Crippen LogP contribution < -0.4 is 0 Å². The molecular weight excluding hydrogens is 223 g/mol. The van der Waals surface area contributed by atoms with E-state index in [0.717, 1.165) is 25.7 Å². The second-order valence-corrected chi connectivity index (χ2v) is 4.74. The molecule has 0 amide bonds. The van der Waals surface area contributed by atoms with Gasteiger partial charge in [0.25, 0.3) is 0 Å². The van der Waals surface area contributed by atoms with Gasteiger partial charge in [0.1, 0.15) is 5.82 Å². The Morgan fingerprint density at radius 1 is 1.25 bits per heavy atom. The fraction of sp³-hybridized carbons (Fsp3) is 0.429. The van der Waals surface area contributed by atoms with E-state index in [0.29, 0.717) is 16.1 Å². The highest BCUT2D eigenvalue weighted by Gasteiger charge is 2.21. The fourth-order valence-electron chi connectivity index (χ4n) is 2.45. The molecule has 0 atom stereocenters. The smallest absolute Gasteiger partial charge is 0.129 e. The van der Waals surface area contributed by atoms with Gasteiger partial charge in [0.15, 0.2) is 0 Å². The minimum atomic E-state index is -0.243. The number of halogens is 2. The van der Waals surface area contributed by atoms with Crippen LogP contribution in [0.15, 0.2) is 12.1 Å². The van der Waals surface area contributed by atoms with Crippen molar-refractivity contribution in [2.24, 2.45) is 0 Å². The maximum absolute atomic E-state index is 13.9. The van der Waals surface area contributed by atoms with Crippen molar-refractivity contribution >= 4 is 11.6 Å². The summed E-state index contributed by atoms with van der Waals surface area (Å²) in [6, 6.07) is 3.10. The van der Waals surface area contributed by atoms with Crippen LogP contribution in [0.25, 0.3) is 0 Å². The maximum atomic E-state index is 13.9. The van der Waals surface area contributed by atoms with E-state index in [1.54, 1.807) is 6.07 Å². The normalized spacial score (nSPS) is 17.1. The van der Waals surface area contributed by atoms with Crippen LogP contribution in [-0.2, 0) is 0 Å². The first-order valence-electron chi connectivity index (χ1n) is 5.68. The van der Waals surface area contributed by atoms with Crippen molar-refractivity contribution in [1.29, 1.82) is 0 Å². The molecule has 1 aromatic carbocycles. The molecule has 0 aliphatic heterocycles. The molecule has 1 saturated carbocycles. The van der Waals surface area contributed by atoms with Gasteiger partial charge < -0.3 is 0 Å². The monoisotopic (exact) mass is 236 g/mol. The van der Waals surface area contributed by atoms with Gasteiger partial charge in [0, 0.05) is 16.1 Å². The Hall–Kier alpha value is -1.00. The molecule has 2 rings (SSSR count). The molecule has 1 aliphatic rings. The first-order valence-corrected chi connectivity index (χ1v) is 6.05. The predicted octanol–water partition coefficient (Wildman–Crippen LogP) is 4.51. The molecule has 1 aliphatic carbocycles. The van der Waals surface area contributed by atoms with Gasteiger partial charge >= 0.3 is 0 Å². The van der Waals surface area contributed by atoms with Crippen molar-refractivity contribution in [3.63, 3.8) is 0 Å². The van der Waals surface area contributed by atoms with Gasteiger partial charge in [-0.1, -0.05) is 36.8 Å². The zero-order valence-corrected chi connectivity index (χ0v) is 9.86. The Morgan fingerprint density at radius 2 is 1.94 bits per heavy atom. The Labute approximate surface area is 101 Å². The van der Waals surface area contributed by atoms with Gasteiger partial charge in [0.05, 0.1) is 0 Å². The molecule has 2 heteroatoms. The van der Waals surface area contributed by atoms with Crippen LogP contribution in [0.2, 0.25) is 5.02 Å². The van der Waals surface area contributed by atoms with E-state index < -0.39 is 0 Å². The van der Waals surface area contributed by atoms with Crippen LogP contribution in [-0.4, -0.2) is 0 Å². The van der Waals surface area contributed by atoms with Gasteiger partial charge in [0.2, 0.25) is 0 Å². The van der Waals surface area contributed by atoms with Crippen molar-refractivity contribution in [1.82, 2.24) is 0 Å². The average Bonchev–Trinajstić information content (AvgIpc) is 2.29. The molecule has 16 heavy (non-hydrogen) atoms. The van der Waals surface area contributed by atoms with Crippen molar-refractivity contribution in [2.45, 2.75) is 38.0 Å². The summed E-state index contributed by atoms with van der Waals surface area (Å²) in [5.41, 5.74) is 1.18. The summed E-state index contributed by atoms with van der Waals surface area (Å²) < 4.78 is 13.9. The highest BCUT2D eigenvalue weighted by atomic mass is 35.5. The predicted molar refractivity (Wildman–Crippen MR) is 65.2 cm³/mol. The van der Waals surface area contributed by atoms with Crippen molar-refractivity contribution < 1.29 is 4.39 Å². The molecule has 0 aromatic heterocycles. The number of rotatable bonds is 1. The van der Waals surface area contributed by atoms with E-state index in [1.165, 1.54) is 12.5 Å². The first-order chi connectivity index (χ1) is 7.72. The van der Waals surface area contributed by atoms with Gasteiger partial charge in [-0.3, -0.25) is 0 Å². The standard InChI is InChI=1S/C14H14ClF/c1-2-10-8-12(15)14(13(16)9-10)11-6-4-3-5-7-11/h1,8-9,11H,3-7H2. The van der Waals surface area contributed by atoms with Crippen molar-refractivity contribution in [2.75, 3.05) is 0 Å². The van der Waals surface area contributed by atoms with E-state index in [4.69, 9.17) is 18.0 Å². The Morgan fingerprint density at radius 3 is 2.50 bits per heavy atom. The minimum absolute atomic E-state index is 0.243. The molecule has 84 valence electrons. The Kier molecular flexibility index (Phi) is 3.51. The lowest BCUT2D eigenvalue weighted by molar-refractivity contribution is 0.430.